The molecule has 1 aliphatic rings. The number of halogens is 4. The zero-order valence-electron chi connectivity index (χ0n) is 23.1. The van der Waals surface area contributed by atoms with Crippen LogP contribution >= 0.6 is 11.6 Å². The number of aryl methyl sites for hydroxylation is 1. The first-order valence-electron chi connectivity index (χ1n) is 12.5. The van der Waals surface area contributed by atoms with E-state index in [-0.39, 0.29) is 46.0 Å². The average molecular weight is 637 g/mol. The zero-order valence-corrected chi connectivity index (χ0v) is 24.6. The van der Waals surface area contributed by atoms with Crippen molar-refractivity contribution in [1.29, 1.82) is 0 Å². The Morgan fingerprint density at radius 2 is 1.95 bits per heavy atom. The van der Waals surface area contributed by atoms with E-state index in [1.54, 1.807) is 20.8 Å². The number of nitrogens with one attached hydrogen (secondary N) is 2. The number of rotatable bonds is 8. The molecule has 4 rings (SSSR count). The first kappa shape index (κ1) is 31.2. The number of amides is 1. The van der Waals surface area contributed by atoms with Crippen molar-refractivity contribution in [3.8, 4) is 5.75 Å². The van der Waals surface area contributed by atoms with Crippen LogP contribution in [0.25, 0.3) is 0 Å². The third kappa shape index (κ3) is 6.21. The number of fused-ring (bicyclic) bond motifs is 1. The van der Waals surface area contributed by atoms with Crippen molar-refractivity contribution >= 4 is 39.1 Å². The van der Waals surface area contributed by atoms with Gasteiger partial charge in [0.25, 0.3) is 10.0 Å². The molecule has 1 atom stereocenters. The molecule has 3 heterocycles. The molecule has 1 aliphatic heterocycles. The SMILES string of the molecule is CCn1cc(S(=O)(=O)N2CC(CC(C)(C)c3n[nH]c(=O)o3)Oc3ccc(NC(=O)OC(C)(C)C(F)(F)F)cc32)c(Cl)n1. The Balaban J connectivity index is 1.71. The molecule has 0 fully saturated rings. The second kappa shape index (κ2) is 10.8. The molecule has 2 aromatic heterocycles. The molecule has 0 radical (unpaired) electrons. The largest absolute Gasteiger partial charge is 0.486 e. The van der Waals surface area contributed by atoms with Gasteiger partial charge in [-0.2, -0.15) is 18.3 Å². The Bertz CT molecular complexity index is 1650. The fourth-order valence-electron chi connectivity index (χ4n) is 4.17. The number of ether oxygens (including phenoxy) is 2. The number of carbonyl (C=O) groups is 1. The maximum absolute atomic E-state index is 13.9. The molecule has 3 aromatic rings. The first-order valence-corrected chi connectivity index (χ1v) is 14.3. The fourth-order valence-corrected chi connectivity index (χ4v) is 6.11. The van der Waals surface area contributed by atoms with Crippen LogP contribution < -0.4 is 20.1 Å². The summed E-state index contributed by atoms with van der Waals surface area (Å²) in [5.41, 5.74) is -3.75. The van der Waals surface area contributed by atoms with Gasteiger partial charge in [0, 0.05) is 23.8 Å². The summed E-state index contributed by atoms with van der Waals surface area (Å²) in [5, 5.41) is 12.0. The van der Waals surface area contributed by atoms with Gasteiger partial charge in [0.15, 0.2) is 5.15 Å². The minimum atomic E-state index is -4.83. The molecule has 230 valence electrons. The van der Waals surface area contributed by atoms with E-state index in [0.717, 1.165) is 4.31 Å². The van der Waals surface area contributed by atoms with Crippen molar-refractivity contribution in [2.75, 3.05) is 16.2 Å². The number of carbonyl (C=O) groups excluding carboxylic acids is 1. The molecule has 1 amide bonds. The van der Waals surface area contributed by atoms with Gasteiger partial charge in [-0.25, -0.2) is 23.1 Å². The maximum atomic E-state index is 13.9. The average Bonchev–Trinajstić information content (AvgIpc) is 3.48. The van der Waals surface area contributed by atoms with Crippen molar-refractivity contribution in [3.05, 3.63) is 46.0 Å². The Morgan fingerprint density at radius 3 is 2.52 bits per heavy atom. The van der Waals surface area contributed by atoms with Crippen LogP contribution in [0.15, 0.2) is 38.5 Å². The number of anilines is 2. The molecule has 1 unspecified atom stereocenters. The summed E-state index contributed by atoms with van der Waals surface area (Å²) in [7, 11) is -4.39. The van der Waals surface area contributed by atoms with Crippen LogP contribution in [-0.4, -0.2) is 58.9 Å². The number of H-pyrrole nitrogens is 1. The van der Waals surface area contributed by atoms with Gasteiger partial charge in [-0.3, -0.25) is 14.3 Å². The monoisotopic (exact) mass is 636 g/mol. The number of aromatic nitrogens is 4. The van der Waals surface area contributed by atoms with Crippen LogP contribution in [0.1, 0.15) is 46.9 Å². The highest BCUT2D eigenvalue weighted by molar-refractivity contribution is 7.93. The topological polar surface area (TPSA) is 162 Å². The van der Waals surface area contributed by atoms with E-state index in [0.29, 0.717) is 20.4 Å². The van der Waals surface area contributed by atoms with E-state index in [1.165, 1.54) is 29.1 Å². The molecule has 0 saturated heterocycles. The lowest BCUT2D eigenvalue weighted by Crippen LogP contribution is -2.46. The Labute approximate surface area is 243 Å². The molecule has 13 nitrogen and oxygen atoms in total. The highest BCUT2D eigenvalue weighted by Gasteiger charge is 2.51. The van der Waals surface area contributed by atoms with E-state index in [1.807, 2.05) is 0 Å². The molecule has 42 heavy (non-hydrogen) atoms. The van der Waals surface area contributed by atoms with E-state index < -0.39 is 45.2 Å². The van der Waals surface area contributed by atoms with Gasteiger partial charge in [0.05, 0.1) is 12.2 Å². The highest BCUT2D eigenvalue weighted by Crippen LogP contribution is 2.42. The van der Waals surface area contributed by atoms with Crippen molar-refractivity contribution in [2.24, 2.45) is 0 Å². The molecule has 2 N–H and O–H groups in total. The third-order valence-electron chi connectivity index (χ3n) is 6.50. The number of sulfonamides is 1. The Morgan fingerprint density at radius 1 is 1.26 bits per heavy atom. The Hall–Kier alpha value is -3.73. The lowest BCUT2D eigenvalue weighted by Gasteiger charge is -2.37. The smallest absolute Gasteiger partial charge is 0.434 e. The van der Waals surface area contributed by atoms with Gasteiger partial charge in [-0.05, 0) is 45.4 Å². The van der Waals surface area contributed by atoms with Crippen LogP contribution in [-0.2, 0) is 26.7 Å². The van der Waals surface area contributed by atoms with Crippen LogP contribution in [0.5, 0.6) is 5.75 Å². The van der Waals surface area contributed by atoms with Crippen LogP contribution in [0.4, 0.5) is 29.3 Å². The number of benzene rings is 1. The summed E-state index contributed by atoms with van der Waals surface area (Å²) in [5.74, 6) is -0.581. The molecule has 1 aromatic carbocycles. The molecular weight excluding hydrogens is 609 g/mol. The highest BCUT2D eigenvalue weighted by atomic mass is 35.5. The number of alkyl halides is 3. The van der Waals surface area contributed by atoms with Gasteiger partial charge in [-0.15, -0.1) is 5.10 Å². The molecule has 0 saturated carbocycles. The third-order valence-corrected chi connectivity index (χ3v) is 8.67. The minimum absolute atomic E-state index is 0.0245. The molecule has 0 spiro atoms. The van der Waals surface area contributed by atoms with E-state index in [2.05, 4.69) is 25.3 Å². The summed E-state index contributed by atoms with van der Waals surface area (Å²) in [6.45, 7) is 6.67. The minimum Gasteiger partial charge on any atom is -0.486 e. The van der Waals surface area contributed by atoms with Gasteiger partial charge < -0.3 is 13.9 Å². The standard InChI is InChI=1S/C24H28ClF3N6O7S/c1-6-33-12-17(18(25)32-33)42(37,38)34-11-14(10-22(2,3)19-30-31-21(36)40-19)39-16-8-7-13(9-15(16)34)29-20(35)41-23(4,5)24(26,27)28/h7-9,12,14H,6,10-11H2,1-5H3,(H,29,35)(H,31,36). The van der Waals surface area contributed by atoms with Crippen molar-refractivity contribution < 1.29 is 40.3 Å². The van der Waals surface area contributed by atoms with E-state index >= 15 is 0 Å². The van der Waals surface area contributed by atoms with Crippen LogP contribution in [0.3, 0.4) is 0 Å². The Kier molecular flexibility index (Phi) is 8.05. The van der Waals surface area contributed by atoms with Crippen LogP contribution in [0.2, 0.25) is 5.15 Å². The maximum Gasteiger partial charge on any atom is 0.434 e. The normalized spacial score (nSPS) is 16.1. The predicted molar refractivity (Wildman–Crippen MR) is 143 cm³/mol. The molecule has 0 bridgehead atoms. The van der Waals surface area contributed by atoms with Gasteiger partial charge in [-0.1, -0.05) is 25.4 Å². The van der Waals surface area contributed by atoms with Crippen molar-refractivity contribution in [2.45, 2.75) is 75.8 Å². The first-order chi connectivity index (χ1) is 19.3. The summed E-state index contributed by atoms with van der Waals surface area (Å²) >= 11 is 6.19. The lowest BCUT2D eigenvalue weighted by molar-refractivity contribution is -0.242. The zero-order chi connectivity index (χ0) is 31.3. The molecule has 18 heteroatoms. The van der Waals surface area contributed by atoms with E-state index in [4.69, 9.17) is 20.8 Å². The van der Waals surface area contributed by atoms with Crippen molar-refractivity contribution in [1.82, 2.24) is 20.0 Å². The number of hydrogen-bond acceptors (Lipinski definition) is 9. The summed E-state index contributed by atoms with van der Waals surface area (Å²) in [4.78, 5) is 23.5. The summed E-state index contributed by atoms with van der Waals surface area (Å²) < 4.78 is 85.5. The fraction of sp³-hybridized carbons (Fsp3) is 0.500. The number of nitrogens with zero attached hydrogens (tertiary/aromatic N) is 4. The van der Waals surface area contributed by atoms with Gasteiger partial charge in [0.1, 0.15) is 16.7 Å². The summed E-state index contributed by atoms with van der Waals surface area (Å²) in [6, 6.07) is 3.89. The van der Waals surface area contributed by atoms with Gasteiger partial charge >= 0.3 is 18.0 Å². The molecular formula is C24H28ClF3N6O7S. The number of aromatic amines is 1. The van der Waals surface area contributed by atoms with Crippen LogP contribution in [0, 0.1) is 0 Å². The molecule has 0 aliphatic carbocycles. The van der Waals surface area contributed by atoms with Crippen molar-refractivity contribution in [3.63, 3.8) is 0 Å². The summed E-state index contributed by atoms with van der Waals surface area (Å²) in [6.07, 6.45) is -5.62. The second-order valence-corrected chi connectivity index (χ2v) is 12.8. The lowest BCUT2D eigenvalue weighted by atomic mass is 9.86. The van der Waals surface area contributed by atoms with E-state index in [9.17, 15) is 31.2 Å². The quantitative estimate of drug-likeness (QED) is 0.364. The predicted octanol–water partition coefficient (Wildman–Crippen LogP) is 4.45. The van der Waals surface area contributed by atoms with Gasteiger partial charge in [0.2, 0.25) is 11.5 Å². The second-order valence-electron chi connectivity index (χ2n) is 10.6. The number of hydrogen-bond donors (Lipinski definition) is 2.